The summed E-state index contributed by atoms with van der Waals surface area (Å²) >= 11 is 0. The van der Waals surface area contributed by atoms with Crippen molar-refractivity contribution in [2.75, 3.05) is 42.8 Å². The summed E-state index contributed by atoms with van der Waals surface area (Å²) in [5.41, 5.74) is 3.46. The lowest BCUT2D eigenvalue weighted by molar-refractivity contribution is 0.312. The van der Waals surface area contributed by atoms with Gasteiger partial charge < -0.3 is 9.80 Å². The molecular formula is C24H24N6O2S. The van der Waals surface area contributed by atoms with E-state index in [-0.39, 0.29) is 10.7 Å². The first-order chi connectivity index (χ1) is 16.0. The van der Waals surface area contributed by atoms with E-state index in [0.29, 0.717) is 0 Å². The zero-order valence-corrected chi connectivity index (χ0v) is 19.0. The van der Waals surface area contributed by atoms with Crippen LogP contribution in [-0.2, 0) is 10.0 Å². The summed E-state index contributed by atoms with van der Waals surface area (Å²) < 4.78 is 27.5. The highest BCUT2D eigenvalue weighted by Crippen LogP contribution is 2.25. The van der Waals surface area contributed by atoms with Crippen LogP contribution in [0.2, 0.25) is 0 Å². The van der Waals surface area contributed by atoms with Crippen LogP contribution < -0.4 is 9.62 Å². The Hall–Kier alpha value is -3.56. The maximum absolute atomic E-state index is 12.5. The summed E-state index contributed by atoms with van der Waals surface area (Å²) in [4.78, 5) is 18.5. The Kier molecular flexibility index (Phi) is 5.65. The van der Waals surface area contributed by atoms with Crippen LogP contribution in [0.3, 0.4) is 0 Å². The highest BCUT2D eigenvalue weighted by atomic mass is 32.2. The molecule has 4 aromatic rings. The van der Waals surface area contributed by atoms with Gasteiger partial charge in [-0.1, -0.05) is 24.3 Å². The van der Waals surface area contributed by atoms with Crippen LogP contribution >= 0.6 is 0 Å². The van der Waals surface area contributed by atoms with E-state index in [1.165, 1.54) is 0 Å². The summed E-state index contributed by atoms with van der Waals surface area (Å²) in [7, 11) is -1.55. The van der Waals surface area contributed by atoms with E-state index < -0.39 is 10.0 Å². The number of likely N-dealkylation sites (N-methyl/N-ethyl adjacent to an activating group) is 1. The van der Waals surface area contributed by atoms with Crippen molar-refractivity contribution < 1.29 is 8.42 Å². The van der Waals surface area contributed by atoms with Crippen molar-refractivity contribution in [1.29, 1.82) is 0 Å². The van der Waals surface area contributed by atoms with Gasteiger partial charge >= 0.3 is 0 Å². The summed E-state index contributed by atoms with van der Waals surface area (Å²) in [6.45, 7) is 3.87. The lowest BCUT2D eigenvalue weighted by Crippen LogP contribution is -2.44. The molecular weight excluding hydrogens is 436 g/mol. The molecule has 1 aliphatic heterocycles. The third-order valence-electron chi connectivity index (χ3n) is 5.75. The van der Waals surface area contributed by atoms with Crippen molar-refractivity contribution in [3.8, 4) is 11.1 Å². The predicted octanol–water partition coefficient (Wildman–Crippen LogP) is 3.24. The topological polar surface area (TPSA) is 91.3 Å². The van der Waals surface area contributed by atoms with Gasteiger partial charge in [0.15, 0.2) is 0 Å². The average Bonchev–Trinajstić information content (AvgIpc) is 2.85. The minimum absolute atomic E-state index is 0.195. The number of nitrogens with zero attached hydrogens (tertiary/aromatic N) is 5. The van der Waals surface area contributed by atoms with Gasteiger partial charge in [-0.2, -0.15) is 0 Å². The van der Waals surface area contributed by atoms with Gasteiger partial charge in [-0.25, -0.2) is 18.4 Å². The number of rotatable bonds is 5. The first-order valence-electron chi connectivity index (χ1n) is 10.7. The fraction of sp³-hybridized carbons (Fsp3) is 0.208. The molecule has 1 N–H and O–H groups in total. The molecule has 3 heterocycles. The monoisotopic (exact) mass is 460 g/mol. The van der Waals surface area contributed by atoms with Gasteiger partial charge in [0, 0.05) is 37.9 Å². The Morgan fingerprint density at radius 2 is 1.58 bits per heavy atom. The number of sulfonamides is 1. The quantitative estimate of drug-likeness (QED) is 0.489. The molecule has 33 heavy (non-hydrogen) atoms. The third-order valence-corrected chi connectivity index (χ3v) is 7.12. The molecule has 8 nitrogen and oxygen atoms in total. The van der Waals surface area contributed by atoms with E-state index in [4.69, 9.17) is 4.98 Å². The number of benzene rings is 2. The van der Waals surface area contributed by atoms with Gasteiger partial charge in [-0.05, 0) is 49.0 Å². The Morgan fingerprint density at radius 1 is 0.818 bits per heavy atom. The molecule has 0 atom stereocenters. The molecule has 2 aromatic heterocycles. The fourth-order valence-corrected chi connectivity index (χ4v) is 4.82. The van der Waals surface area contributed by atoms with Crippen molar-refractivity contribution in [3.63, 3.8) is 0 Å². The van der Waals surface area contributed by atoms with Crippen LogP contribution in [0.1, 0.15) is 0 Å². The number of anilines is 2. The highest BCUT2D eigenvalue weighted by Gasteiger charge is 2.17. The summed E-state index contributed by atoms with van der Waals surface area (Å²) in [6, 6.07) is 17.6. The second-order valence-electron chi connectivity index (χ2n) is 8.07. The number of pyridine rings is 1. The zero-order valence-electron chi connectivity index (χ0n) is 18.2. The molecule has 0 radical (unpaired) electrons. The fourth-order valence-electron chi connectivity index (χ4n) is 3.79. The predicted molar refractivity (Wildman–Crippen MR) is 130 cm³/mol. The van der Waals surface area contributed by atoms with Crippen LogP contribution in [0, 0.1) is 0 Å². The molecule has 5 rings (SSSR count). The molecule has 2 aromatic carbocycles. The van der Waals surface area contributed by atoms with Gasteiger partial charge in [-0.15, -0.1) is 0 Å². The second-order valence-corrected chi connectivity index (χ2v) is 9.76. The first kappa shape index (κ1) is 21.3. The number of fused-ring (bicyclic) bond motifs is 1. The van der Waals surface area contributed by atoms with Crippen LogP contribution in [0.15, 0.2) is 78.0 Å². The standard InChI is InChI=1S/C24H24N6O2S/c1-29-11-13-30(14-12-29)24-17-25-21-9-7-18(15-22(21)27-24)19-8-10-23(26-16-19)28-33(31,32)20-5-3-2-4-6-20/h2-10,15-17H,11-14H2,1H3,(H,26,28). The number of hydrogen-bond acceptors (Lipinski definition) is 7. The maximum Gasteiger partial charge on any atom is 0.263 e. The van der Waals surface area contributed by atoms with Crippen molar-refractivity contribution in [2.45, 2.75) is 4.90 Å². The average molecular weight is 461 g/mol. The lowest BCUT2D eigenvalue weighted by Gasteiger charge is -2.33. The van der Waals surface area contributed by atoms with Crippen molar-refractivity contribution >= 4 is 32.7 Å². The van der Waals surface area contributed by atoms with Crippen LogP contribution in [0.5, 0.6) is 0 Å². The lowest BCUT2D eigenvalue weighted by atomic mass is 10.1. The molecule has 0 spiro atoms. The second kappa shape index (κ2) is 8.76. The summed E-state index contributed by atoms with van der Waals surface area (Å²) in [6.07, 6.45) is 3.49. The normalized spacial score (nSPS) is 15.0. The molecule has 168 valence electrons. The molecule has 9 heteroatoms. The Bertz CT molecular complexity index is 1370. The Morgan fingerprint density at radius 3 is 2.30 bits per heavy atom. The molecule has 0 saturated carbocycles. The Balaban J connectivity index is 1.37. The number of nitrogens with one attached hydrogen (secondary N) is 1. The van der Waals surface area contributed by atoms with Gasteiger partial charge in [0.2, 0.25) is 0 Å². The number of aromatic nitrogens is 3. The number of piperazine rings is 1. The molecule has 1 aliphatic rings. The molecule has 0 unspecified atom stereocenters. The Labute approximate surface area is 193 Å². The molecule has 0 bridgehead atoms. The maximum atomic E-state index is 12.5. The van der Waals surface area contributed by atoms with Crippen molar-refractivity contribution in [3.05, 3.63) is 73.1 Å². The van der Waals surface area contributed by atoms with Gasteiger partial charge in [0.05, 0.1) is 22.1 Å². The molecule has 0 aliphatic carbocycles. The van der Waals surface area contributed by atoms with Gasteiger partial charge in [0.1, 0.15) is 11.6 Å². The van der Waals surface area contributed by atoms with Crippen LogP contribution in [0.4, 0.5) is 11.6 Å². The minimum atomic E-state index is -3.68. The minimum Gasteiger partial charge on any atom is -0.353 e. The van der Waals surface area contributed by atoms with E-state index in [1.54, 1.807) is 42.6 Å². The van der Waals surface area contributed by atoms with Crippen LogP contribution in [-0.4, -0.2) is 61.5 Å². The van der Waals surface area contributed by atoms with E-state index >= 15 is 0 Å². The van der Waals surface area contributed by atoms with E-state index in [9.17, 15) is 8.42 Å². The van der Waals surface area contributed by atoms with E-state index in [2.05, 4.69) is 31.5 Å². The molecule has 1 fully saturated rings. The van der Waals surface area contributed by atoms with Gasteiger partial charge in [-0.3, -0.25) is 9.71 Å². The summed E-state index contributed by atoms with van der Waals surface area (Å²) in [5, 5.41) is 0. The molecule has 1 saturated heterocycles. The highest BCUT2D eigenvalue weighted by molar-refractivity contribution is 7.92. The van der Waals surface area contributed by atoms with Gasteiger partial charge in [0.25, 0.3) is 10.0 Å². The van der Waals surface area contributed by atoms with E-state index in [0.717, 1.165) is 54.2 Å². The molecule has 0 amide bonds. The van der Waals surface area contributed by atoms with Crippen LogP contribution in [0.25, 0.3) is 22.2 Å². The zero-order chi connectivity index (χ0) is 22.8. The van der Waals surface area contributed by atoms with E-state index in [1.807, 2.05) is 30.5 Å². The van der Waals surface area contributed by atoms with Crippen molar-refractivity contribution in [2.24, 2.45) is 0 Å². The summed E-state index contributed by atoms with van der Waals surface area (Å²) in [5.74, 6) is 1.15. The third kappa shape index (κ3) is 4.64. The van der Waals surface area contributed by atoms with Crippen molar-refractivity contribution in [1.82, 2.24) is 19.9 Å². The SMILES string of the molecule is CN1CCN(c2cnc3ccc(-c4ccc(NS(=O)(=O)c5ccccc5)nc4)cc3n2)CC1. The smallest absolute Gasteiger partial charge is 0.263 e. The first-order valence-corrected chi connectivity index (χ1v) is 12.2. The number of hydrogen-bond donors (Lipinski definition) is 1. The largest absolute Gasteiger partial charge is 0.353 e.